The molecule has 0 bridgehead atoms. The van der Waals surface area contributed by atoms with E-state index in [1.165, 1.54) is 0 Å². The summed E-state index contributed by atoms with van der Waals surface area (Å²) in [6.07, 6.45) is 1.56. The number of anilines is 1. The number of hydrogen-bond acceptors (Lipinski definition) is 6. The lowest BCUT2D eigenvalue weighted by atomic mass is 9.93. The molecule has 8 heteroatoms. The Labute approximate surface area is 228 Å². The van der Waals surface area contributed by atoms with Crippen molar-refractivity contribution in [3.63, 3.8) is 0 Å². The molecule has 0 spiro atoms. The second-order valence-electron chi connectivity index (χ2n) is 9.73. The van der Waals surface area contributed by atoms with Gasteiger partial charge in [0.15, 0.2) is 0 Å². The molecule has 3 aromatic carbocycles. The predicted octanol–water partition coefficient (Wildman–Crippen LogP) is 4.60. The summed E-state index contributed by atoms with van der Waals surface area (Å²) in [6, 6.07) is 27.8. The number of carbonyl (C=O) groups is 1. The Morgan fingerprint density at radius 3 is 2.28 bits per heavy atom. The number of benzene rings is 3. The van der Waals surface area contributed by atoms with Crippen LogP contribution in [0, 0.1) is 0 Å². The average Bonchev–Trinajstić information content (AvgIpc) is 3.48. The van der Waals surface area contributed by atoms with Gasteiger partial charge in [-0.15, -0.1) is 0 Å². The second kappa shape index (κ2) is 11.1. The van der Waals surface area contributed by atoms with Gasteiger partial charge in [0.2, 0.25) is 5.95 Å². The standard InChI is InChI=1S/C31H31N5O3/c1-23-28(30(37)34-16-18-38-19-17-34)29(26-12-14-27(15-13-26)39-21-25-10-6-3-7-11-25)36-31(32-22-33-36)35(23)20-24-8-4-2-5-9-24/h2-15,22,29H,16-21H2,1H3. The molecule has 1 atom stereocenters. The maximum atomic E-state index is 14.1. The van der Waals surface area contributed by atoms with Gasteiger partial charge in [-0.1, -0.05) is 72.8 Å². The fourth-order valence-electron chi connectivity index (χ4n) is 5.19. The Bertz CT molecular complexity index is 1440. The molecule has 4 aromatic rings. The molecule has 1 saturated heterocycles. The van der Waals surface area contributed by atoms with Crippen molar-refractivity contribution in [3.05, 3.63) is 119 Å². The molecular weight excluding hydrogens is 490 g/mol. The van der Waals surface area contributed by atoms with Crippen molar-refractivity contribution in [2.75, 3.05) is 31.2 Å². The first kappa shape index (κ1) is 24.9. The molecule has 2 aliphatic heterocycles. The molecule has 1 fully saturated rings. The zero-order chi connectivity index (χ0) is 26.6. The summed E-state index contributed by atoms with van der Waals surface area (Å²) in [4.78, 5) is 22.7. The Hall–Kier alpha value is -4.43. The van der Waals surface area contributed by atoms with Crippen molar-refractivity contribution in [1.29, 1.82) is 0 Å². The third kappa shape index (κ3) is 5.15. The Morgan fingerprint density at radius 2 is 1.59 bits per heavy atom. The first-order valence-electron chi connectivity index (χ1n) is 13.2. The number of morpholine rings is 1. The van der Waals surface area contributed by atoms with Crippen LogP contribution in [0.3, 0.4) is 0 Å². The highest BCUT2D eigenvalue weighted by molar-refractivity contribution is 5.97. The first-order valence-corrected chi connectivity index (χ1v) is 13.2. The summed E-state index contributed by atoms with van der Waals surface area (Å²) in [5.41, 5.74) is 4.76. The summed E-state index contributed by atoms with van der Waals surface area (Å²) in [5.74, 6) is 1.48. The molecule has 0 saturated carbocycles. The molecule has 1 amide bonds. The number of aromatic nitrogens is 3. The van der Waals surface area contributed by atoms with Crippen molar-refractivity contribution < 1.29 is 14.3 Å². The van der Waals surface area contributed by atoms with Gasteiger partial charge in [-0.25, -0.2) is 4.68 Å². The quantitative estimate of drug-likeness (QED) is 0.354. The van der Waals surface area contributed by atoms with Crippen molar-refractivity contribution in [3.8, 4) is 5.75 Å². The lowest BCUT2D eigenvalue weighted by Crippen LogP contribution is -2.45. The van der Waals surface area contributed by atoms with Gasteiger partial charge in [0, 0.05) is 18.8 Å². The molecule has 6 rings (SSSR count). The van der Waals surface area contributed by atoms with E-state index in [0.29, 0.717) is 51.0 Å². The third-order valence-electron chi connectivity index (χ3n) is 7.26. The van der Waals surface area contributed by atoms with Crippen molar-refractivity contribution in [2.24, 2.45) is 0 Å². The van der Waals surface area contributed by atoms with Gasteiger partial charge in [0.25, 0.3) is 5.91 Å². The maximum absolute atomic E-state index is 14.1. The zero-order valence-corrected chi connectivity index (χ0v) is 21.9. The van der Waals surface area contributed by atoms with Gasteiger partial charge < -0.3 is 19.3 Å². The summed E-state index contributed by atoms with van der Waals surface area (Å²) in [5, 5.41) is 4.62. The van der Waals surface area contributed by atoms with Crippen LogP contribution in [0.4, 0.5) is 5.95 Å². The summed E-state index contributed by atoms with van der Waals surface area (Å²) >= 11 is 0. The van der Waals surface area contributed by atoms with Crippen LogP contribution in [-0.4, -0.2) is 51.9 Å². The smallest absolute Gasteiger partial charge is 0.254 e. The Morgan fingerprint density at radius 1 is 0.923 bits per heavy atom. The molecule has 8 nitrogen and oxygen atoms in total. The molecule has 3 heterocycles. The molecule has 0 aliphatic carbocycles. The van der Waals surface area contributed by atoms with E-state index in [1.54, 1.807) is 6.33 Å². The summed E-state index contributed by atoms with van der Waals surface area (Å²) in [7, 11) is 0. The molecule has 2 aliphatic rings. The van der Waals surface area contributed by atoms with Crippen molar-refractivity contribution in [1.82, 2.24) is 19.7 Å². The lowest BCUT2D eigenvalue weighted by Gasteiger charge is -2.38. The van der Waals surface area contributed by atoms with Crippen LogP contribution < -0.4 is 9.64 Å². The fourth-order valence-corrected chi connectivity index (χ4v) is 5.19. The molecule has 0 radical (unpaired) electrons. The topological polar surface area (TPSA) is 72.7 Å². The van der Waals surface area contributed by atoms with Crippen molar-refractivity contribution in [2.45, 2.75) is 26.1 Å². The molecule has 1 aromatic heterocycles. The minimum Gasteiger partial charge on any atom is -0.489 e. The number of fused-ring (bicyclic) bond motifs is 1. The Kier molecular flexibility index (Phi) is 7.10. The van der Waals surface area contributed by atoms with Crippen LogP contribution in [-0.2, 0) is 22.7 Å². The van der Waals surface area contributed by atoms with Crippen LogP contribution in [0.5, 0.6) is 5.75 Å². The van der Waals surface area contributed by atoms with Gasteiger partial charge in [-0.3, -0.25) is 4.79 Å². The molecule has 39 heavy (non-hydrogen) atoms. The molecule has 0 N–H and O–H groups in total. The first-order chi connectivity index (χ1) is 19.2. The predicted molar refractivity (Wildman–Crippen MR) is 148 cm³/mol. The normalized spacial score (nSPS) is 17.2. The van der Waals surface area contributed by atoms with E-state index in [-0.39, 0.29) is 5.91 Å². The van der Waals surface area contributed by atoms with E-state index in [4.69, 9.17) is 9.47 Å². The lowest BCUT2D eigenvalue weighted by molar-refractivity contribution is -0.131. The van der Waals surface area contributed by atoms with E-state index < -0.39 is 6.04 Å². The monoisotopic (exact) mass is 521 g/mol. The molecule has 198 valence electrons. The Balaban J connectivity index is 1.35. The maximum Gasteiger partial charge on any atom is 0.254 e. The van der Waals surface area contributed by atoms with Crippen LogP contribution in [0.1, 0.15) is 29.7 Å². The van der Waals surface area contributed by atoms with Crippen LogP contribution >= 0.6 is 0 Å². The minimum absolute atomic E-state index is 0.00409. The SMILES string of the molecule is CC1=C(C(=O)N2CCOCC2)C(c2ccc(OCc3ccccc3)cc2)n2ncnc2N1Cc1ccccc1. The molecule has 1 unspecified atom stereocenters. The average molecular weight is 522 g/mol. The number of carbonyl (C=O) groups excluding carboxylic acids is 1. The van der Waals surface area contributed by atoms with Gasteiger partial charge in [-0.2, -0.15) is 10.1 Å². The van der Waals surface area contributed by atoms with E-state index in [2.05, 4.69) is 27.1 Å². The van der Waals surface area contributed by atoms with E-state index in [9.17, 15) is 4.79 Å². The molecular formula is C31H31N5O3. The van der Waals surface area contributed by atoms with Gasteiger partial charge in [0.05, 0.1) is 25.3 Å². The van der Waals surface area contributed by atoms with Crippen molar-refractivity contribution >= 4 is 11.9 Å². The van der Waals surface area contributed by atoms with Gasteiger partial charge in [-0.05, 0) is 35.7 Å². The number of rotatable bonds is 7. The highest BCUT2D eigenvalue weighted by Crippen LogP contribution is 2.40. The second-order valence-corrected chi connectivity index (χ2v) is 9.73. The van der Waals surface area contributed by atoms with Gasteiger partial charge >= 0.3 is 0 Å². The largest absolute Gasteiger partial charge is 0.489 e. The zero-order valence-electron chi connectivity index (χ0n) is 21.9. The number of allylic oxidation sites excluding steroid dienone is 1. The number of hydrogen-bond donors (Lipinski definition) is 0. The highest BCUT2D eigenvalue weighted by atomic mass is 16.5. The van der Waals surface area contributed by atoms with Gasteiger partial charge in [0.1, 0.15) is 24.7 Å². The summed E-state index contributed by atoms with van der Waals surface area (Å²) < 4.78 is 13.4. The highest BCUT2D eigenvalue weighted by Gasteiger charge is 2.39. The summed E-state index contributed by atoms with van der Waals surface area (Å²) in [6.45, 7) is 5.31. The number of ether oxygens (including phenoxy) is 2. The van der Waals surface area contributed by atoms with Crippen LogP contribution in [0.15, 0.2) is 103 Å². The van der Waals surface area contributed by atoms with Crippen LogP contribution in [0.2, 0.25) is 0 Å². The third-order valence-corrected chi connectivity index (χ3v) is 7.26. The van der Waals surface area contributed by atoms with E-state index in [0.717, 1.165) is 28.1 Å². The number of amides is 1. The van der Waals surface area contributed by atoms with Crippen LogP contribution in [0.25, 0.3) is 0 Å². The number of nitrogens with zero attached hydrogens (tertiary/aromatic N) is 5. The fraction of sp³-hybridized carbons (Fsp3) is 0.258. The van der Waals surface area contributed by atoms with E-state index >= 15 is 0 Å². The van der Waals surface area contributed by atoms with E-state index in [1.807, 2.05) is 89.3 Å². The minimum atomic E-state index is -0.409.